The Bertz CT molecular complexity index is 687. The van der Waals surface area contributed by atoms with E-state index in [0.717, 1.165) is 5.56 Å². The van der Waals surface area contributed by atoms with Crippen molar-refractivity contribution < 1.29 is 19.4 Å². The Morgan fingerprint density at radius 2 is 2.10 bits per heavy atom. The molecule has 2 heterocycles. The van der Waals surface area contributed by atoms with Gasteiger partial charge in [-0.2, -0.15) is 0 Å². The molecule has 1 aromatic carbocycles. The van der Waals surface area contributed by atoms with Crippen molar-refractivity contribution in [1.82, 2.24) is 10.3 Å². The molecule has 1 atom stereocenters. The van der Waals surface area contributed by atoms with E-state index >= 15 is 0 Å². The molecular weight excluding hydrogens is 272 g/mol. The number of aromatic hydroxyl groups is 1. The highest BCUT2D eigenvalue weighted by Gasteiger charge is 2.17. The van der Waals surface area contributed by atoms with Crippen molar-refractivity contribution in [3.8, 4) is 17.2 Å². The van der Waals surface area contributed by atoms with Crippen LogP contribution in [0, 0.1) is 0 Å². The van der Waals surface area contributed by atoms with Crippen LogP contribution in [0.2, 0.25) is 0 Å². The third kappa shape index (κ3) is 2.74. The number of aromatic nitrogens is 1. The molecule has 0 aliphatic carbocycles. The zero-order valence-electron chi connectivity index (χ0n) is 11.4. The molecule has 0 bridgehead atoms. The lowest BCUT2D eigenvalue weighted by Crippen LogP contribution is -2.26. The minimum absolute atomic E-state index is 0.0432. The summed E-state index contributed by atoms with van der Waals surface area (Å²) >= 11 is 0. The average molecular weight is 286 g/mol. The number of pyridine rings is 1. The quantitative estimate of drug-likeness (QED) is 0.902. The number of fused-ring (bicyclic) bond motifs is 1. The lowest BCUT2D eigenvalue weighted by Gasteiger charge is -2.14. The van der Waals surface area contributed by atoms with Gasteiger partial charge < -0.3 is 19.9 Å². The molecule has 6 nitrogen and oxygen atoms in total. The summed E-state index contributed by atoms with van der Waals surface area (Å²) in [6.45, 7) is 2.08. The van der Waals surface area contributed by atoms with Crippen LogP contribution in [0.4, 0.5) is 0 Å². The highest BCUT2D eigenvalue weighted by molar-refractivity contribution is 5.94. The van der Waals surface area contributed by atoms with Crippen LogP contribution in [0.5, 0.6) is 17.2 Å². The van der Waals surface area contributed by atoms with E-state index in [1.165, 1.54) is 18.5 Å². The number of carbonyl (C=O) groups is 1. The first-order chi connectivity index (χ1) is 10.1. The molecule has 0 fully saturated rings. The van der Waals surface area contributed by atoms with E-state index in [2.05, 4.69) is 10.3 Å². The zero-order valence-corrected chi connectivity index (χ0v) is 11.4. The van der Waals surface area contributed by atoms with E-state index in [0.29, 0.717) is 17.1 Å². The van der Waals surface area contributed by atoms with Crippen molar-refractivity contribution in [2.45, 2.75) is 13.0 Å². The maximum atomic E-state index is 12.1. The SMILES string of the molecule is CC(NC(=O)c1cncc(O)c1)c1ccc2c(c1)OCO2. The molecule has 108 valence electrons. The lowest BCUT2D eigenvalue weighted by molar-refractivity contribution is 0.0939. The topological polar surface area (TPSA) is 80.7 Å². The van der Waals surface area contributed by atoms with Gasteiger partial charge in [0.25, 0.3) is 5.91 Å². The number of carbonyl (C=O) groups excluding carboxylic acids is 1. The molecule has 1 amide bonds. The summed E-state index contributed by atoms with van der Waals surface area (Å²) in [4.78, 5) is 15.9. The molecule has 0 spiro atoms. The summed E-state index contributed by atoms with van der Waals surface area (Å²) in [5.41, 5.74) is 1.21. The summed E-state index contributed by atoms with van der Waals surface area (Å²) in [5, 5.41) is 12.2. The van der Waals surface area contributed by atoms with Crippen molar-refractivity contribution in [1.29, 1.82) is 0 Å². The zero-order chi connectivity index (χ0) is 14.8. The molecule has 6 heteroatoms. The fourth-order valence-electron chi connectivity index (χ4n) is 2.10. The first-order valence-corrected chi connectivity index (χ1v) is 6.48. The van der Waals surface area contributed by atoms with Crippen LogP contribution in [0.25, 0.3) is 0 Å². The highest BCUT2D eigenvalue weighted by atomic mass is 16.7. The minimum Gasteiger partial charge on any atom is -0.506 e. The van der Waals surface area contributed by atoms with E-state index in [-0.39, 0.29) is 24.5 Å². The Labute approximate surface area is 121 Å². The molecule has 2 N–H and O–H groups in total. The largest absolute Gasteiger partial charge is 0.506 e. The van der Waals surface area contributed by atoms with E-state index in [1.807, 2.05) is 25.1 Å². The molecule has 2 aromatic rings. The van der Waals surface area contributed by atoms with Crippen molar-refractivity contribution >= 4 is 5.91 Å². The molecular formula is C15H14N2O4. The van der Waals surface area contributed by atoms with Crippen molar-refractivity contribution in [2.75, 3.05) is 6.79 Å². The van der Waals surface area contributed by atoms with Crippen LogP contribution in [0.3, 0.4) is 0 Å². The first-order valence-electron chi connectivity index (χ1n) is 6.48. The number of nitrogens with zero attached hydrogens (tertiary/aromatic N) is 1. The van der Waals surface area contributed by atoms with Gasteiger partial charge in [0.15, 0.2) is 11.5 Å². The second kappa shape index (κ2) is 5.32. The maximum absolute atomic E-state index is 12.1. The molecule has 1 aliphatic heterocycles. The summed E-state index contributed by atoms with van der Waals surface area (Å²) in [6.07, 6.45) is 2.68. The number of ether oxygens (including phenoxy) is 2. The van der Waals surface area contributed by atoms with Crippen molar-refractivity contribution in [3.05, 3.63) is 47.8 Å². The lowest BCUT2D eigenvalue weighted by atomic mass is 10.1. The normalized spacial score (nSPS) is 13.8. The summed E-state index contributed by atoms with van der Waals surface area (Å²) in [7, 11) is 0. The molecule has 3 rings (SSSR count). The highest BCUT2D eigenvalue weighted by Crippen LogP contribution is 2.34. The van der Waals surface area contributed by atoms with E-state index < -0.39 is 0 Å². The van der Waals surface area contributed by atoms with Gasteiger partial charge in [0, 0.05) is 6.20 Å². The average Bonchev–Trinajstić information content (AvgIpc) is 2.94. The third-order valence-corrected chi connectivity index (χ3v) is 3.23. The van der Waals surface area contributed by atoms with Gasteiger partial charge in [0.2, 0.25) is 6.79 Å². The van der Waals surface area contributed by atoms with Crippen LogP contribution in [-0.2, 0) is 0 Å². The molecule has 0 radical (unpaired) electrons. The van der Waals surface area contributed by atoms with E-state index in [1.54, 1.807) is 0 Å². The first kappa shape index (κ1) is 13.2. The number of nitrogens with one attached hydrogen (secondary N) is 1. The Hall–Kier alpha value is -2.76. The van der Waals surface area contributed by atoms with Gasteiger partial charge >= 0.3 is 0 Å². The number of rotatable bonds is 3. The van der Waals surface area contributed by atoms with Gasteiger partial charge in [-0.15, -0.1) is 0 Å². The van der Waals surface area contributed by atoms with Crippen LogP contribution >= 0.6 is 0 Å². The monoisotopic (exact) mass is 286 g/mol. The second-order valence-electron chi connectivity index (χ2n) is 4.74. The van der Waals surface area contributed by atoms with E-state index in [4.69, 9.17) is 9.47 Å². The predicted octanol–water partition coefficient (Wildman–Crippen LogP) is 2.01. The van der Waals surface area contributed by atoms with Gasteiger partial charge in [-0.3, -0.25) is 9.78 Å². The number of hydrogen-bond acceptors (Lipinski definition) is 5. The van der Waals surface area contributed by atoms with Gasteiger partial charge in [-0.05, 0) is 30.7 Å². The summed E-state index contributed by atoms with van der Waals surface area (Å²) in [5.74, 6) is 1.03. The minimum atomic E-state index is -0.302. The third-order valence-electron chi connectivity index (χ3n) is 3.23. The van der Waals surface area contributed by atoms with Gasteiger partial charge in [0.1, 0.15) is 5.75 Å². The Morgan fingerprint density at radius 3 is 2.90 bits per heavy atom. The van der Waals surface area contributed by atoms with Gasteiger partial charge in [-0.25, -0.2) is 0 Å². The van der Waals surface area contributed by atoms with Gasteiger partial charge in [0.05, 0.1) is 17.8 Å². The molecule has 1 unspecified atom stereocenters. The Balaban J connectivity index is 1.74. The number of hydrogen-bond donors (Lipinski definition) is 2. The smallest absolute Gasteiger partial charge is 0.253 e. The van der Waals surface area contributed by atoms with Gasteiger partial charge in [-0.1, -0.05) is 6.07 Å². The van der Waals surface area contributed by atoms with Crippen molar-refractivity contribution in [3.63, 3.8) is 0 Å². The predicted molar refractivity (Wildman–Crippen MR) is 74.3 cm³/mol. The van der Waals surface area contributed by atoms with Crippen LogP contribution < -0.4 is 14.8 Å². The molecule has 0 saturated heterocycles. The molecule has 21 heavy (non-hydrogen) atoms. The number of benzene rings is 1. The van der Waals surface area contributed by atoms with Crippen molar-refractivity contribution in [2.24, 2.45) is 0 Å². The van der Waals surface area contributed by atoms with Crippen LogP contribution in [0.1, 0.15) is 28.9 Å². The Kier molecular flexibility index (Phi) is 3.35. The summed E-state index contributed by atoms with van der Waals surface area (Å²) in [6, 6.07) is 6.69. The van der Waals surface area contributed by atoms with E-state index in [9.17, 15) is 9.90 Å². The van der Waals surface area contributed by atoms with Crippen LogP contribution in [0.15, 0.2) is 36.7 Å². The Morgan fingerprint density at radius 1 is 1.29 bits per heavy atom. The molecule has 1 aromatic heterocycles. The molecule has 1 aliphatic rings. The van der Waals surface area contributed by atoms with Crippen LogP contribution in [-0.4, -0.2) is 22.8 Å². The molecule has 0 saturated carbocycles. The fourth-order valence-corrected chi connectivity index (χ4v) is 2.10. The maximum Gasteiger partial charge on any atom is 0.253 e. The fraction of sp³-hybridized carbons (Fsp3) is 0.200. The summed E-state index contributed by atoms with van der Waals surface area (Å²) < 4.78 is 10.6. The number of amides is 1. The second-order valence-corrected chi connectivity index (χ2v) is 4.74. The standard InChI is InChI=1S/C15H14N2O4/c1-9(10-2-3-13-14(5-10)21-8-20-13)17-15(19)11-4-12(18)7-16-6-11/h2-7,9,18H,8H2,1H3,(H,17,19).